The minimum atomic E-state index is -1.17. The lowest BCUT2D eigenvalue weighted by molar-refractivity contribution is 0.0690. The molecule has 7 heteroatoms. The van der Waals surface area contributed by atoms with Crippen LogP contribution in [0.5, 0.6) is 0 Å². The van der Waals surface area contributed by atoms with Gasteiger partial charge in [0.15, 0.2) is 5.69 Å². The quantitative estimate of drug-likeness (QED) is 0.794. The maximum absolute atomic E-state index is 13.6. The van der Waals surface area contributed by atoms with E-state index in [0.717, 1.165) is 5.69 Å². The third kappa shape index (κ3) is 3.07. The van der Waals surface area contributed by atoms with Crippen molar-refractivity contribution in [2.75, 3.05) is 0 Å². The molecule has 0 atom stereocenters. The van der Waals surface area contributed by atoms with Crippen molar-refractivity contribution < 1.29 is 14.3 Å². The number of carbonyl (C=O) groups is 1. The third-order valence-electron chi connectivity index (χ3n) is 3.23. The van der Waals surface area contributed by atoms with E-state index in [-0.39, 0.29) is 10.7 Å². The maximum Gasteiger partial charge on any atom is 0.356 e. The Labute approximate surface area is 136 Å². The fourth-order valence-electron chi connectivity index (χ4n) is 2.18. The van der Waals surface area contributed by atoms with Crippen LogP contribution in [0, 0.1) is 12.7 Å². The molecule has 0 spiro atoms. The summed E-state index contributed by atoms with van der Waals surface area (Å²) in [6.45, 7) is 1.84. The Morgan fingerprint density at radius 3 is 2.65 bits per heavy atom. The van der Waals surface area contributed by atoms with Gasteiger partial charge in [-0.2, -0.15) is 5.10 Å². The van der Waals surface area contributed by atoms with Gasteiger partial charge in [-0.05, 0) is 43.3 Å². The molecule has 3 rings (SSSR count). The van der Waals surface area contributed by atoms with Gasteiger partial charge in [0.25, 0.3) is 0 Å². The lowest BCUT2D eigenvalue weighted by Crippen LogP contribution is -2.03. The van der Waals surface area contributed by atoms with Crippen LogP contribution in [0.15, 0.2) is 42.6 Å². The lowest BCUT2D eigenvalue weighted by Gasteiger charge is -2.08. The van der Waals surface area contributed by atoms with Crippen molar-refractivity contribution in [3.05, 3.63) is 64.8 Å². The van der Waals surface area contributed by atoms with E-state index in [1.807, 2.05) is 6.92 Å². The summed E-state index contributed by atoms with van der Waals surface area (Å²) in [5.74, 6) is -1.69. The molecule has 0 unspecified atom stereocenters. The molecule has 1 aromatic carbocycles. The third-order valence-corrected chi connectivity index (χ3v) is 3.45. The second-order valence-electron chi connectivity index (χ2n) is 4.95. The summed E-state index contributed by atoms with van der Waals surface area (Å²) >= 11 is 5.89. The Balaban J connectivity index is 2.22. The number of hydrogen-bond acceptors (Lipinski definition) is 3. The Morgan fingerprint density at radius 2 is 2.04 bits per heavy atom. The van der Waals surface area contributed by atoms with Crippen LogP contribution in [-0.4, -0.2) is 25.8 Å². The Hall–Kier alpha value is -2.73. The average Bonchev–Trinajstić information content (AvgIpc) is 2.92. The number of nitrogens with zero attached hydrogens (tertiary/aromatic N) is 3. The van der Waals surface area contributed by atoms with E-state index in [0.29, 0.717) is 16.9 Å². The number of benzene rings is 1. The zero-order valence-electron chi connectivity index (χ0n) is 12.0. The second kappa shape index (κ2) is 5.81. The second-order valence-corrected chi connectivity index (χ2v) is 5.38. The molecule has 116 valence electrons. The summed E-state index contributed by atoms with van der Waals surface area (Å²) in [6, 6.07) is 8.90. The highest BCUT2D eigenvalue weighted by Gasteiger charge is 2.17. The first-order valence-corrected chi connectivity index (χ1v) is 7.05. The smallest absolute Gasteiger partial charge is 0.356 e. The SMILES string of the molecule is Cc1ccc(-n2nc(C(=O)O)cc2-c2cc(F)cc(Cl)c2)cn1. The fourth-order valence-corrected chi connectivity index (χ4v) is 2.40. The topological polar surface area (TPSA) is 68.0 Å². The number of aromatic nitrogens is 3. The summed E-state index contributed by atoms with van der Waals surface area (Å²) in [5.41, 5.74) is 2.07. The Morgan fingerprint density at radius 1 is 1.26 bits per heavy atom. The van der Waals surface area contributed by atoms with Gasteiger partial charge in [-0.25, -0.2) is 13.9 Å². The zero-order chi connectivity index (χ0) is 16.6. The number of hydrogen-bond donors (Lipinski definition) is 1. The number of carboxylic acids is 1. The molecule has 0 bridgehead atoms. The normalized spacial score (nSPS) is 10.7. The molecule has 3 aromatic rings. The molecule has 0 saturated carbocycles. The van der Waals surface area contributed by atoms with Crippen molar-refractivity contribution in [3.8, 4) is 16.9 Å². The predicted molar refractivity (Wildman–Crippen MR) is 83.5 cm³/mol. The van der Waals surface area contributed by atoms with Gasteiger partial charge in [0.05, 0.1) is 17.6 Å². The number of pyridine rings is 1. The van der Waals surface area contributed by atoms with E-state index < -0.39 is 11.8 Å². The van der Waals surface area contributed by atoms with Gasteiger partial charge >= 0.3 is 5.97 Å². The van der Waals surface area contributed by atoms with Gasteiger partial charge < -0.3 is 5.11 Å². The largest absolute Gasteiger partial charge is 0.476 e. The van der Waals surface area contributed by atoms with Crippen LogP contribution < -0.4 is 0 Å². The van der Waals surface area contributed by atoms with Gasteiger partial charge in [-0.3, -0.25) is 4.98 Å². The van der Waals surface area contributed by atoms with Crippen molar-refractivity contribution in [2.45, 2.75) is 6.92 Å². The maximum atomic E-state index is 13.6. The fraction of sp³-hybridized carbons (Fsp3) is 0.0625. The van der Waals surface area contributed by atoms with E-state index in [1.165, 1.54) is 22.9 Å². The van der Waals surface area contributed by atoms with Gasteiger partial charge in [0, 0.05) is 16.3 Å². The number of halogens is 2. The van der Waals surface area contributed by atoms with Crippen LogP contribution in [0.2, 0.25) is 5.02 Å². The molecule has 0 fully saturated rings. The summed E-state index contributed by atoms with van der Waals surface area (Å²) < 4.78 is 15.0. The average molecular weight is 332 g/mol. The van der Waals surface area contributed by atoms with Gasteiger partial charge in [0.2, 0.25) is 0 Å². The van der Waals surface area contributed by atoms with Crippen molar-refractivity contribution >= 4 is 17.6 Å². The van der Waals surface area contributed by atoms with Crippen LogP contribution in [0.25, 0.3) is 16.9 Å². The first kappa shape index (κ1) is 15.2. The van der Waals surface area contributed by atoms with Crippen molar-refractivity contribution in [1.29, 1.82) is 0 Å². The first-order chi connectivity index (χ1) is 10.9. The molecule has 0 aliphatic heterocycles. The molecular formula is C16H11ClFN3O2. The van der Waals surface area contributed by atoms with Gasteiger partial charge in [-0.15, -0.1) is 0 Å². The van der Waals surface area contributed by atoms with Crippen LogP contribution in [0.4, 0.5) is 4.39 Å². The highest BCUT2D eigenvalue weighted by atomic mass is 35.5. The van der Waals surface area contributed by atoms with Crippen molar-refractivity contribution in [3.63, 3.8) is 0 Å². The first-order valence-electron chi connectivity index (χ1n) is 6.67. The Kier molecular flexibility index (Phi) is 3.83. The van der Waals surface area contributed by atoms with E-state index in [4.69, 9.17) is 11.6 Å². The molecule has 0 saturated heterocycles. The monoisotopic (exact) mass is 331 g/mol. The molecule has 0 radical (unpaired) electrons. The number of carboxylic acid groups (broad SMARTS) is 1. The zero-order valence-corrected chi connectivity index (χ0v) is 12.8. The molecular weight excluding hydrogens is 321 g/mol. The van der Waals surface area contributed by atoms with E-state index in [1.54, 1.807) is 24.4 Å². The highest BCUT2D eigenvalue weighted by Crippen LogP contribution is 2.27. The van der Waals surface area contributed by atoms with Gasteiger partial charge in [0.1, 0.15) is 5.82 Å². The summed E-state index contributed by atoms with van der Waals surface area (Å²) in [4.78, 5) is 15.4. The Bertz CT molecular complexity index is 871. The van der Waals surface area contributed by atoms with Crippen molar-refractivity contribution in [2.24, 2.45) is 0 Å². The molecule has 0 amide bonds. The minimum absolute atomic E-state index is 0.152. The number of aryl methyl sites for hydroxylation is 1. The molecule has 1 N–H and O–H groups in total. The molecule has 0 aliphatic rings. The van der Waals surface area contributed by atoms with Crippen LogP contribution in [-0.2, 0) is 0 Å². The summed E-state index contributed by atoms with van der Waals surface area (Å²) in [5, 5.41) is 13.4. The minimum Gasteiger partial charge on any atom is -0.476 e. The summed E-state index contributed by atoms with van der Waals surface area (Å²) in [7, 11) is 0. The molecule has 5 nitrogen and oxygen atoms in total. The molecule has 2 aromatic heterocycles. The van der Waals surface area contributed by atoms with Crippen LogP contribution in [0.3, 0.4) is 0 Å². The van der Waals surface area contributed by atoms with E-state index in [9.17, 15) is 14.3 Å². The molecule has 2 heterocycles. The van der Waals surface area contributed by atoms with E-state index in [2.05, 4.69) is 10.1 Å². The van der Waals surface area contributed by atoms with Crippen molar-refractivity contribution in [1.82, 2.24) is 14.8 Å². The summed E-state index contributed by atoms with van der Waals surface area (Å²) in [6.07, 6.45) is 1.57. The standard InChI is InChI=1S/C16H11ClFN3O2/c1-9-2-3-13(8-19-9)21-15(7-14(20-21)16(22)23)10-4-11(17)6-12(18)5-10/h2-8H,1H3,(H,22,23). The van der Waals surface area contributed by atoms with E-state index >= 15 is 0 Å². The van der Waals surface area contributed by atoms with Crippen LogP contribution >= 0.6 is 11.6 Å². The number of aromatic carboxylic acids is 1. The van der Waals surface area contributed by atoms with Gasteiger partial charge in [-0.1, -0.05) is 11.6 Å². The molecule has 23 heavy (non-hydrogen) atoms. The van der Waals surface area contributed by atoms with Crippen LogP contribution in [0.1, 0.15) is 16.2 Å². The highest BCUT2D eigenvalue weighted by molar-refractivity contribution is 6.30. The number of rotatable bonds is 3. The predicted octanol–water partition coefficient (Wildman–Crippen LogP) is 3.73. The lowest BCUT2D eigenvalue weighted by atomic mass is 10.1. The molecule has 0 aliphatic carbocycles.